The number of rotatable bonds is 4. The minimum absolute atomic E-state index is 0.0463. The zero-order chi connectivity index (χ0) is 15.7. The molecule has 1 N–H and O–H groups in total. The molecule has 0 spiro atoms. The summed E-state index contributed by atoms with van der Waals surface area (Å²) < 4.78 is 23.1. The smallest absolute Gasteiger partial charge is 0.151 e. The molecule has 1 saturated carbocycles. The molecule has 21 heavy (non-hydrogen) atoms. The Morgan fingerprint density at radius 3 is 2.48 bits per heavy atom. The number of nitrogens with one attached hydrogen (secondary N) is 1. The fraction of sp³-hybridized carbons (Fsp3) is 0.625. The lowest BCUT2D eigenvalue weighted by Gasteiger charge is -2.35. The molecule has 5 heteroatoms. The van der Waals surface area contributed by atoms with Crippen LogP contribution in [-0.2, 0) is 15.6 Å². The highest BCUT2D eigenvalue weighted by Crippen LogP contribution is 2.36. The average Bonchev–Trinajstić information content (AvgIpc) is 2.34. The summed E-state index contributed by atoms with van der Waals surface area (Å²) in [4.78, 5) is 0. The zero-order valence-electron chi connectivity index (χ0n) is 12.9. The van der Waals surface area contributed by atoms with E-state index in [1.54, 1.807) is 12.1 Å². The third kappa shape index (κ3) is 5.19. The molecule has 0 aliphatic heterocycles. The molecule has 0 unspecified atom stereocenters. The minimum atomic E-state index is -3.06. The van der Waals surface area contributed by atoms with Crippen molar-refractivity contribution in [3.05, 3.63) is 28.8 Å². The molecule has 3 nitrogen and oxygen atoms in total. The van der Waals surface area contributed by atoms with Gasteiger partial charge in [0.25, 0.3) is 0 Å². The van der Waals surface area contributed by atoms with E-state index in [9.17, 15) is 8.42 Å². The molecule has 2 rings (SSSR count). The summed E-state index contributed by atoms with van der Waals surface area (Å²) in [6.45, 7) is 4.61. The number of sulfone groups is 1. The molecule has 0 heterocycles. The first-order valence-electron chi connectivity index (χ1n) is 7.37. The Hall–Kier alpha value is -0.740. The molecule has 1 fully saturated rings. The highest BCUT2D eigenvalue weighted by molar-refractivity contribution is 7.89. The SMILES string of the molecule is CC1(C)CCC(Nc2cc(Cl)ccc2CS(C)(=O)=O)CC1. The summed E-state index contributed by atoms with van der Waals surface area (Å²) >= 11 is 6.06. The van der Waals surface area contributed by atoms with E-state index >= 15 is 0 Å². The molecule has 1 aromatic rings. The minimum Gasteiger partial charge on any atom is -0.382 e. The topological polar surface area (TPSA) is 46.2 Å². The molecule has 0 amide bonds. The van der Waals surface area contributed by atoms with E-state index in [4.69, 9.17) is 11.6 Å². The van der Waals surface area contributed by atoms with Crippen molar-refractivity contribution in [3.63, 3.8) is 0 Å². The van der Waals surface area contributed by atoms with Crippen molar-refractivity contribution >= 4 is 27.1 Å². The van der Waals surface area contributed by atoms with Crippen LogP contribution in [0, 0.1) is 5.41 Å². The van der Waals surface area contributed by atoms with Gasteiger partial charge in [0.05, 0.1) is 5.75 Å². The van der Waals surface area contributed by atoms with Crippen LogP contribution in [0.25, 0.3) is 0 Å². The molecule has 0 aromatic heterocycles. The van der Waals surface area contributed by atoms with Gasteiger partial charge in [-0.15, -0.1) is 0 Å². The Kier molecular flexibility index (Phi) is 4.89. The Labute approximate surface area is 133 Å². The van der Waals surface area contributed by atoms with Gasteiger partial charge in [0, 0.05) is 23.0 Å². The monoisotopic (exact) mass is 329 g/mol. The molecule has 0 bridgehead atoms. The number of hydrogen-bond acceptors (Lipinski definition) is 3. The highest BCUT2D eigenvalue weighted by atomic mass is 35.5. The van der Waals surface area contributed by atoms with E-state index in [2.05, 4.69) is 19.2 Å². The van der Waals surface area contributed by atoms with E-state index in [1.807, 2.05) is 6.07 Å². The Morgan fingerprint density at radius 1 is 1.29 bits per heavy atom. The second kappa shape index (κ2) is 6.17. The Bertz CT molecular complexity index is 601. The highest BCUT2D eigenvalue weighted by Gasteiger charge is 2.27. The van der Waals surface area contributed by atoms with Gasteiger partial charge in [-0.25, -0.2) is 8.42 Å². The van der Waals surface area contributed by atoms with Crippen molar-refractivity contribution in [3.8, 4) is 0 Å². The van der Waals surface area contributed by atoms with Crippen LogP contribution in [-0.4, -0.2) is 20.7 Å². The summed E-state index contributed by atoms with van der Waals surface area (Å²) in [5.74, 6) is 0.0463. The van der Waals surface area contributed by atoms with Crippen LogP contribution in [0.15, 0.2) is 18.2 Å². The van der Waals surface area contributed by atoms with Crippen molar-refractivity contribution in [2.75, 3.05) is 11.6 Å². The fourth-order valence-corrected chi connectivity index (χ4v) is 3.84. The molecular formula is C16H24ClNO2S. The maximum atomic E-state index is 11.6. The molecular weight excluding hydrogens is 306 g/mol. The van der Waals surface area contributed by atoms with Crippen molar-refractivity contribution in [2.45, 2.75) is 51.3 Å². The summed E-state index contributed by atoms with van der Waals surface area (Å²) in [5.41, 5.74) is 2.08. The predicted molar refractivity (Wildman–Crippen MR) is 89.7 cm³/mol. The van der Waals surface area contributed by atoms with Crippen LogP contribution in [0.4, 0.5) is 5.69 Å². The quantitative estimate of drug-likeness (QED) is 0.897. The molecule has 0 saturated heterocycles. The zero-order valence-corrected chi connectivity index (χ0v) is 14.5. The van der Waals surface area contributed by atoms with Gasteiger partial charge in [0.1, 0.15) is 0 Å². The number of halogens is 1. The first-order valence-corrected chi connectivity index (χ1v) is 9.81. The second-order valence-electron chi connectivity index (χ2n) is 6.95. The largest absolute Gasteiger partial charge is 0.382 e. The number of hydrogen-bond donors (Lipinski definition) is 1. The summed E-state index contributed by atoms with van der Waals surface area (Å²) in [7, 11) is -3.06. The van der Waals surface area contributed by atoms with Gasteiger partial charge >= 0.3 is 0 Å². The summed E-state index contributed by atoms with van der Waals surface area (Å²) in [6.07, 6.45) is 5.85. The van der Waals surface area contributed by atoms with E-state index < -0.39 is 9.84 Å². The first-order chi connectivity index (χ1) is 9.65. The van der Waals surface area contributed by atoms with Crippen LogP contribution in [0.1, 0.15) is 45.1 Å². The molecule has 1 aromatic carbocycles. The lowest BCUT2D eigenvalue weighted by atomic mass is 9.75. The molecule has 0 atom stereocenters. The van der Waals surface area contributed by atoms with Gasteiger partial charge in [-0.3, -0.25) is 0 Å². The van der Waals surface area contributed by atoms with Gasteiger partial charge in [-0.2, -0.15) is 0 Å². The maximum absolute atomic E-state index is 11.6. The number of anilines is 1. The van der Waals surface area contributed by atoms with Crippen LogP contribution < -0.4 is 5.32 Å². The number of benzene rings is 1. The summed E-state index contributed by atoms with van der Waals surface area (Å²) in [6, 6.07) is 5.78. The van der Waals surface area contributed by atoms with E-state index in [0.29, 0.717) is 16.5 Å². The lowest BCUT2D eigenvalue weighted by molar-refractivity contribution is 0.232. The molecule has 118 valence electrons. The van der Waals surface area contributed by atoms with Crippen LogP contribution >= 0.6 is 11.6 Å². The van der Waals surface area contributed by atoms with Gasteiger partial charge in [-0.05, 0) is 48.8 Å². The van der Waals surface area contributed by atoms with Crippen molar-refractivity contribution in [1.29, 1.82) is 0 Å². The van der Waals surface area contributed by atoms with Gasteiger partial charge < -0.3 is 5.32 Å². The molecule has 1 aliphatic carbocycles. The normalized spacial score (nSPS) is 19.4. The maximum Gasteiger partial charge on any atom is 0.151 e. The van der Waals surface area contributed by atoms with E-state index in [1.165, 1.54) is 19.1 Å². The lowest BCUT2D eigenvalue weighted by Crippen LogP contribution is -2.30. The second-order valence-corrected chi connectivity index (χ2v) is 9.53. The van der Waals surface area contributed by atoms with Gasteiger partial charge in [-0.1, -0.05) is 31.5 Å². The van der Waals surface area contributed by atoms with Crippen LogP contribution in [0.3, 0.4) is 0 Å². The van der Waals surface area contributed by atoms with E-state index in [0.717, 1.165) is 24.1 Å². The first kappa shape index (κ1) is 16.6. The van der Waals surface area contributed by atoms with E-state index in [-0.39, 0.29) is 5.75 Å². The van der Waals surface area contributed by atoms with Gasteiger partial charge in [0.2, 0.25) is 0 Å². The third-order valence-electron chi connectivity index (χ3n) is 4.19. The standard InChI is InChI=1S/C16H24ClNO2S/c1-16(2)8-6-14(7-9-16)18-15-10-13(17)5-4-12(15)11-21(3,19)20/h4-5,10,14,18H,6-9,11H2,1-3H3. The average molecular weight is 330 g/mol. The molecule has 0 radical (unpaired) electrons. The van der Waals surface area contributed by atoms with Crippen molar-refractivity contribution < 1.29 is 8.42 Å². The molecule has 1 aliphatic rings. The third-order valence-corrected chi connectivity index (χ3v) is 5.26. The Balaban J connectivity index is 2.14. The fourth-order valence-electron chi connectivity index (χ4n) is 2.85. The van der Waals surface area contributed by atoms with Crippen LogP contribution in [0.5, 0.6) is 0 Å². The van der Waals surface area contributed by atoms with Crippen molar-refractivity contribution in [2.24, 2.45) is 5.41 Å². The van der Waals surface area contributed by atoms with Crippen molar-refractivity contribution in [1.82, 2.24) is 0 Å². The van der Waals surface area contributed by atoms with Gasteiger partial charge in [0.15, 0.2) is 9.84 Å². The summed E-state index contributed by atoms with van der Waals surface area (Å²) in [5, 5.41) is 4.13. The Morgan fingerprint density at radius 2 is 1.90 bits per heavy atom. The predicted octanol–water partition coefficient (Wildman–Crippen LogP) is 4.27. The van der Waals surface area contributed by atoms with Crippen LogP contribution in [0.2, 0.25) is 5.02 Å².